The summed E-state index contributed by atoms with van der Waals surface area (Å²) in [6.45, 7) is 2.78. The number of para-hydroxylation sites is 1. The molecule has 134 valence electrons. The first-order valence-corrected chi connectivity index (χ1v) is 8.40. The molecule has 1 fully saturated rings. The van der Waals surface area contributed by atoms with Crippen LogP contribution in [0.1, 0.15) is 24.8 Å². The van der Waals surface area contributed by atoms with Crippen molar-refractivity contribution >= 4 is 5.97 Å². The second-order valence-electron chi connectivity index (χ2n) is 6.88. The standard InChI is InChI=1S/C18H28N2O4/c1-19(2)14-18(23)8-5-10-20(11-9-18)12-15-6-3-4-7-16(15)24-13-17(21)22/h3-4,6-7,23H,5,8-14H2,1-2H3,(H,21,22)/t18-/m1/s1. The second-order valence-corrected chi connectivity index (χ2v) is 6.88. The normalized spacial score (nSPS) is 22.3. The SMILES string of the molecule is CN(C)C[C@@]1(O)CCCN(Cc2ccccc2OCC(=O)O)CC1. The number of benzene rings is 1. The first-order valence-electron chi connectivity index (χ1n) is 8.40. The zero-order valence-corrected chi connectivity index (χ0v) is 14.6. The highest BCUT2D eigenvalue weighted by atomic mass is 16.5. The fraction of sp³-hybridized carbons (Fsp3) is 0.611. The molecule has 1 aromatic carbocycles. The van der Waals surface area contributed by atoms with E-state index in [1.807, 2.05) is 37.2 Å². The van der Waals surface area contributed by atoms with Crippen molar-refractivity contribution in [3.63, 3.8) is 0 Å². The minimum Gasteiger partial charge on any atom is -0.482 e. The van der Waals surface area contributed by atoms with Gasteiger partial charge in [-0.15, -0.1) is 0 Å². The van der Waals surface area contributed by atoms with E-state index in [1.54, 1.807) is 6.07 Å². The summed E-state index contributed by atoms with van der Waals surface area (Å²) >= 11 is 0. The lowest BCUT2D eigenvalue weighted by atomic mass is 9.94. The van der Waals surface area contributed by atoms with E-state index in [1.165, 1.54) is 0 Å². The Morgan fingerprint density at radius 3 is 2.75 bits per heavy atom. The van der Waals surface area contributed by atoms with Crippen LogP contribution in [0.4, 0.5) is 0 Å². The first-order chi connectivity index (χ1) is 11.4. The minimum absolute atomic E-state index is 0.334. The van der Waals surface area contributed by atoms with Crippen LogP contribution in [0.25, 0.3) is 0 Å². The van der Waals surface area contributed by atoms with E-state index in [-0.39, 0.29) is 6.61 Å². The van der Waals surface area contributed by atoms with Crippen LogP contribution in [-0.2, 0) is 11.3 Å². The number of hydrogen-bond donors (Lipinski definition) is 2. The van der Waals surface area contributed by atoms with Crippen molar-refractivity contribution in [3.8, 4) is 5.75 Å². The quantitative estimate of drug-likeness (QED) is 0.785. The lowest BCUT2D eigenvalue weighted by Crippen LogP contribution is -2.40. The number of carbonyl (C=O) groups is 1. The minimum atomic E-state index is -0.978. The molecule has 2 rings (SSSR count). The fourth-order valence-electron chi connectivity index (χ4n) is 3.30. The summed E-state index contributed by atoms with van der Waals surface area (Å²) in [6, 6.07) is 7.55. The molecule has 0 bridgehead atoms. The van der Waals surface area contributed by atoms with Gasteiger partial charge in [-0.25, -0.2) is 4.79 Å². The van der Waals surface area contributed by atoms with Crippen molar-refractivity contribution in [1.82, 2.24) is 9.80 Å². The van der Waals surface area contributed by atoms with Crippen molar-refractivity contribution in [3.05, 3.63) is 29.8 Å². The molecule has 0 unspecified atom stereocenters. The molecule has 0 amide bonds. The van der Waals surface area contributed by atoms with Gasteiger partial charge in [0.05, 0.1) is 5.60 Å². The second kappa shape index (κ2) is 8.46. The smallest absolute Gasteiger partial charge is 0.341 e. The van der Waals surface area contributed by atoms with Crippen molar-refractivity contribution in [2.24, 2.45) is 0 Å². The summed E-state index contributed by atoms with van der Waals surface area (Å²) in [5, 5.41) is 19.5. The summed E-state index contributed by atoms with van der Waals surface area (Å²) in [6.07, 6.45) is 2.49. The summed E-state index contributed by atoms with van der Waals surface area (Å²) in [7, 11) is 3.97. The van der Waals surface area contributed by atoms with Gasteiger partial charge in [0.15, 0.2) is 6.61 Å². The van der Waals surface area contributed by atoms with Gasteiger partial charge in [-0.2, -0.15) is 0 Å². The lowest BCUT2D eigenvalue weighted by molar-refractivity contribution is -0.139. The van der Waals surface area contributed by atoms with Gasteiger partial charge in [0.25, 0.3) is 0 Å². The molecular formula is C18H28N2O4. The van der Waals surface area contributed by atoms with Gasteiger partial charge in [0.1, 0.15) is 5.75 Å². The third-order valence-electron chi connectivity index (χ3n) is 4.34. The third kappa shape index (κ3) is 5.78. The van der Waals surface area contributed by atoms with Crippen molar-refractivity contribution in [1.29, 1.82) is 0 Å². The van der Waals surface area contributed by atoms with Crippen molar-refractivity contribution in [2.45, 2.75) is 31.4 Å². The molecule has 6 nitrogen and oxygen atoms in total. The molecule has 1 aliphatic heterocycles. The van der Waals surface area contributed by atoms with E-state index in [4.69, 9.17) is 9.84 Å². The van der Waals surface area contributed by atoms with E-state index in [0.717, 1.165) is 37.9 Å². The number of aliphatic carboxylic acids is 1. The molecule has 1 heterocycles. The van der Waals surface area contributed by atoms with Gasteiger partial charge < -0.3 is 19.8 Å². The highest BCUT2D eigenvalue weighted by molar-refractivity contribution is 5.68. The van der Waals surface area contributed by atoms with Gasteiger partial charge >= 0.3 is 5.97 Å². The van der Waals surface area contributed by atoms with Crippen LogP contribution in [-0.4, -0.2) is 71.9 Å². The average Bonchev–Trinajstić information content (AvgIpc) is 2.67. The molecule has 1 aliphatic rings. The Bertz CT molecular complexity index is 550. The molecule has 0 radical (unpaired) electrons. The van der Waals surface area contributed by atoms with E-state index in [0.29, 0.717) is 18.8 Å². The van der Waals surface area contributed by atoms with Crippen LogP contribution in [0.15, 0.2) is 24.3 Å². The highest BCUT2D eigenvalue weighted by Gasteiger charge is 2.30. The number of nitrogens with zero attached hydrogens (tertiary/aromatic N) is 2. The lowest BCUT2D eigenvalue weighted by Gasteiger charge is -2.30. The molecule has 0 aliphatic carbocycles. The summed E-state index contributed by atoms with van der Waals surface area (Å²) < 4.78 is 5.38. The van der Waals surface area contributed by atoms with Crippen LogP contribution in [0.2, 0.25) is 0 Å². The Morgan fingerprint density at radius 1 is 1.29 bits per heavy atom. The molecule has 0 spiro atoms. The average molecular weight is 336 g/mol. The summed E-state index contributed by atoms with van der Waals surface area (Å²) in [4.78, 5) is 15.0. The van der Waals surface area contributed by atoms with E-state index < -0.39 is 11.6 Å². The Balaban J connectivity index is 1.98. The predicted octanol–water partition coefficient (Wildman–Crippen LogP) is 1.43. The molecular weight excluding hydrogens is 308 g/mol. The van der Waals surface area contributed by atoms with Crippen molar-refractivity contribution < 1.29 is 19.7 Å². The molecule has 2 N–H and O–H groups in total. The van der Waals surface area contributed by atoms with Gasteiger partial charge in [-0.1, -0.05) is 18.2 Å². The summed E-state index contributed by atoms with van der Waals surface area (Å²) in [5.74, 6) is -0.360. The van der Waals surface area contributed by atoms with Crippen LogP contribution < -0.4 is 4.74 Å². The first kappa shape index (κ1) is 18.7. The van der Waals surface area contributed by atoms with Gasteiger partial charge in [-0.3, -0.25) is 4.90 Å². The van der Waals surface area contributed by atoms with E-state index in [2.05, 4.69) is 4.90 Å². The number of likely N-dealkylation sites (tertiary alicyclic amines) is 1. The van der Waals surface area contributed by atoms with E-state index >= 15 is 0 Å². The molecule has 0 saturated carbocycles. The Labute approximate surface area is 143 Å². The third-order valence-corrected chi connectivity index (χ3v) is 4.34. The largest absolute Gasteiger partial charge is 0.482 e. The molecule has 1 aromatic rings. The molecule has 1 atom stereocenters. The maximum Gasteiger partial charge on any atom is 0.341 e. The molecule has 24 heavy (non-hydrogen) atoms. The molecule has 6 heteroatoms. The monoisotopic (exact) mass is 336 g/mol. The topological polar surface area (TPSA) is 73.2 Å². The number of hydrogen-bond acceptors (Lipinski definition) is 5. The number of ether oxygens (including phenoxy) is 1. The number of carboxylic acids is 1. The van der Waals surface area contributed by atoms with Crippen LogP contribution in [0.5, 0.6) is 5.75 Å². The van der Waals surface area contributed by atoms with Gasteiger partial charge in [0, 0.05) is 25.2 Å². The predicted molar refractivity (Wildman–Crippen MR) is 92.2 cm³/mol. The molecule has 0 aromatic heterocycles. The van der Waals surface area contributed by atoms with E-state index in [9.17, 15) is 9.90 Å². The molecule has 1 saturated heterocycles. The van der Waals surface area contributed by atoms with Crippen LogP contribution in [0, 0.1) is 0 Å². The maximum absolute atomic E-state index is 10.7. The maximum atomic E-state index is 10.7. The highest BCUT2D eigenvalue weighted by Crippen LogP contribution is 2.26. The Hall–Kier alpha value is -1.63. The zero-order chi connectivity index (χ0) is 17.6. The Morgan fingerprint density at radius 2 is 2.04 bits per heavy atom. The number of aliphatic hydroxyl groups is 1. The van der Waals surface area contributed by atoms with Crippen LogP contribution >= 0.6 is 0 Å². The number of likely N-dealkylation sites (N-methyl/N-ethyl adjacent to an activating group) is 1. The zero-order valence-electron chi connectivity index (χ0n) is 14.6. The Kier molecular flexibility index (Phi) is 6.60. The summed E-state index contributed by atoms with van der Waals surface area (Å²) in [5.41, 5.74) is 0.356. The van der Waals surface area contributed by atoms with Crippen LogP contribution in [0.3, 0.4) is 0 Å². The van der Waals surface area contributed by atoms with Gasteiger partial charge in [-0.05, 0) is 46.0 Å². The number of carboxylic acid groups (broad SMARTS) is 1. The fourth-order valence-corrected chi connectivity index (χ4v) is 3.30. The van der Waals surface area contributed by atoms with Gasteiger partial charge in [0.2, 0.25) is 0 Å². The number of rotatable bonds is 7. The van der Waals surface area contributed by atoms with Crippen molar-refractivity contribution in [2.75, 3.05) is 40.3 Å².